The van der Waals surface area contributed by atoms with Crippen molar-refractivity contribution in [3.8, 4) is 0 Å². The molecule has 1 N–H and O–H groups in total. The number of hydrogen-bond acceptors (Lipinski definition) is 3. The molecule has 0 bridgehead atoms. The van der Waals surface area contributed by atoms with Crippen LogP contribution in [-0.4, -0.2) is 20.4 Å². The molecule has 0 aliphatic heterocycles. The summed E-state index contributed by atoms with van der Waals surface area (Å²) in [5, 5.41) is 2.67. The van der Waals surface area contributed by atoms with Crippen molar-refractivity contribution < 1.29 is 13.2 Å². The van der Waals surface area contributed by atoms with Crippen LogP contribution < -0.4 is 5.32 Å². The molecule has 0 fully saturated rings. The van der Waals surface area contributed by atoms with Crippen molar-refractivity contribution in [3.05, 3.63) is 27.2 Å². The molecule has 21 heavy (non-hydrogen) atoms. The maximum atomic E-state index is 12.3. The van der Waals surface area contributed by atoms with Gasteiger partial charge in [0.1, 0.15) is 4.90 Å². The van der Waals surface area contributed by atoms with Crippen LogP contribution in [0.4, 0.5) is 0 Å². The molecule has 1 rings (SSSR count). The first-order valence-corrected chi connectivity index (χ1v) is 9.80. The minimum atomic E-state index is -4.03. The average molecular weight is 417 g/mol. The first-order valence-electron chi connectivity index (χ1n) is 6.32. The number of amides is 1. The zero-order chi connectivity index (χ0) is 16.4. The molecule has 1 aromatic carbocycles. The van der Waals surface area contributed by atoms with Crippen molar-refractivity contribution in [2.75, 3.05) is 0 Å². The van der Waals surface area contributed by atoms with E-state index in [0.29, 0.717) is 4.47 Å². The molecule has 1 amide bonds. The third-order valence-corrected chi connectivity index (χ3v) is 5.40. The van der Waals surface area contributed by atoms with Crippen molar-refractivity contribution in [1.29, 1.82) is 0 Å². The van der Waals surface area contributed by atoms with E-state index in [1.807, 2.05) is 20.8 Å². The Balaban J connectivity index is 3.25. The van der Waals surface area contributed by atoms with Gasteiger partial charge in [0, 0.05) is 21.2 Å². The molecule has 1 unspecified atom stereocenters. The molecular formula is C13H16BrCl2NO3S. The van der Waals surface area contributed by atoms with Gasteiger partial charge in [-0.15, -0.1) is 0 Å². The second kappa shape index (κ2) is 7.31. The van der Waals surface area contributed by atoms with Crippen LogP contribution in [0.1, 0.15) is 37.6 Å². The fourth-order valence-corrected chi connectivity index (χ4v) is 4.08. The van der Waals surface area contributed by atoms with Gasteiger partial charge in [0.05, 0.1) is 10.6 Å². The molecule has 0 spiro atoms. The summed E-state index contributed by atoms with van der Waals surface area (Å²) >= 11 is 9.18. The Hall–Kier alpha value is -0.300. The molecule has 0 aliphatic carbocycles. The number of benzene rings is 1. The zero-order valence-electron chi connectivity index (χ0n) is 11.8. The van der Waals surface area contributed by atoms with Gasteiger partial charge in [-0.2, -0.15) is 0 Å². The SMILES string of the molecule is CCC(NC(=O)c1cc(Br)cc(S(=O)(=O)Cl)c1Cl)C(C)C. The number of carbonyl (C=O) groups excluding carboxylic acids is 1. The van der Waals surface area contributed by atoms with E-state index in [2.05, 4.69) is 21.2 Å². The molecule has 4 nitrogen and oxygen atoms in total. The van der Waals surface area contributed by atoms with Crippen LogP contribution in [0.15, 0.2) is 21.5 Å². The lowest BCUT2D eigenvalue weighted by atomic mass is 10.0. The standard InChI is InChI=1S/C13H16BrCl2NO3S/c1-4-10(7(2)3)17-13(18)9-5-8(14)6-11(12(9)15)21(16,19)20/h5-7,10H,4H2,1-3H3,(H,17,18). The molecule has 0 aromatic heterocycles. The molecular weight excluding hydrogens is 401 g/mol. The van der Waals surface area contributed by atoms with E-state index in [1.54, 1.807) is 0 Å². The second-order valence-corrected chi connectivity index (χ2v) is 8.76. The molecule has 1 aromatic rings. The highest BCUT2D eigenvalue weighted by molar-refractivity contribution is 9.10. The number of carbonyl (C=O) groups is 1. The Bertz CT molecular complexity index is 647. The lowest BCUT2D eigenvalue weighted by Gasteiger charge is -2.21. The van der Waals surface area contributed by atoms with Crippen molar-refractivity contribution in [2.45, 2.75) is 38.1 Å². The Morgan fingerprint density at radius 2 is 1.95 bits per heavy atom. The number of halogens is 3. The van der Waals surface area contributed by atoms with E-state index in [9.17, 15) is 13.2 Å². The molecule has 118 valence electrons. The molecule has 0 saturated carbocycles. The van der Waals surface area contributed by atoms with Gasteiger partial charge in [-0.25, -0.2) is 8.42 Å². The Morgan fingerprint density at radius 3 is 2.38 bits per heavy atom. The lowest BCUT2D eigenvalue weighted by Crippen LogP contribution is -2.38. The number of rotatable bonds is 5. The van der Waals surface area contributed by atoms with E-state index >= 15 is 0 Å². The van der Waals surface area contributed by atoms with Crippen LogP contribution in [-0.2, 0) is 9.05 Å². The number of nitrogens with one attached hydrogen (secondary N) is 1. The van der Waals surface area contributed by atoms with Gasteiger partial charge in [0.2, 0.25) is 0 Å². The van der Waals surface area contributed by atoms with E-state index in [1.165, 1.54) is 12.1 Å². The Kier molecular flexibility index (Phi) is 6.53. The molecule has 0 heterocycles. The third kappa shape index (κ3) is 4.84. The van der Waals surface area contributed by atoms with E-state index < -0.39 is 15.0 Å². The fourth-order valence-electron chi connectivity index (χ4n) is 1.89. The maximum absolute atomic E-state index is 12.3. The van der Waals surface area contributed by atoms with Gasteiger partial charge in [-0.3, -0.25) is 4.79 Å². The summed E-state index contributed by atoms with van der Waals surface area (Å²) in [5.74, 6) is -0.176. The first-order chi connectivity index (χ1) is 9.57. The summed E-state index contributed by atoms with van der Waals surface area (Å²) in [5.41, 5.74) is 0.0735. The summed E-state index contributed by atoms with van der Waals surface area (Å²) in [6, 6.07) is 2.71. The maximum Gasteiger partial charge on any atom is 0.262 e. The van der Waals surface area contributed by atoms with E-state index in [-0.39, 0.29) is 27.4 Å². The van der Waals surface area contributed by atoms with Crippen LogP contribution >= 0.6 is 38.2 Å². The average Bonchev–Trinajstić information content (AvgIpc) is 2.36. The van der Waals surface area contributed by atoms with Crippen LogP contribution in [0.3, 0.4) is 0 Å². The minimum absolute atomic E-state index is 0.0244. The quantitative estimate of drug-likeness (QED) is 0.731. The molecule has 0 saturated heterocycles. The molecule has 0 aliphatic rings. The normalized spacial score (nSPS) is 13.3. The van der Waals surface area contributed by atoms with Crippen molar-refractivity contribution in [3.63, 3.8) is 0 Å². The summed E-state index contributed by atoms with van der Waals surface area (Å²) in [6.45, 7) is 5.94. The van der Waals surface area contributed by atoms with Gasteiger partial charge in [-0.1, -0.05) is 48.3 Å². The van der Waals surface area contributed by atoms with Gasteiger partial charge >= 0.3 is 0 Å². The van der Waals surface area contributed by atoms with Gasteiger partial charge < -0.3 is 5.32 Å². The highest BCUT2D eigenvalue weighted by atomic mass is 79.9. The van der Waals surface area contributed by atoms with Crippen molar-refractivity contribution in [2.24, 2.45) is 5.92 Å². The fraction of sp³-hybridized carbons (Fsp3) is 0.462. The summed E-state index contributed by atoms with van der Waals surface area (Å²) in [4.78, 5) is 12.0. The number of hydrogen-bond donors (Lipinski definition) is 1. The highest BCUT2D eigenvalue weighted by Crippen LogP contribution is 2.31. The predicted octanol–water partition coefficient (Wildman–Crippen LogP) is 4.19. The topological polar surface area (TPSA) is 63.2 Å². The predicted molar refractivity (Wildman–Crippen MR) is 88.6 cm³/mol. The van der Waals surface area contributed by atoms with Crippen LogP contribution in [0.5, 0.6) is 0 Å². The Morgan fingerprint density at radius 1 is 1.38 bits per heavy atom. The van der Waals surface area contributed by atoms with E-state index in [0.717, 1.165) is 6.42 Å². The van der Waals surface area contributed by atoms with Crippen molar-refractivity contribution >= 4 is 53.2 Å². The van der Waals surface area contributed by atoms with Crippen LogP contribution in [0.25, 0.3) is 0 Å². The molecule has 1 atom stereocenters. The summed E-state index contributed by atoms with van der Waals surface area (Å²) in [7, 11) is 1.30. The first kappa shape index (κ1) is 18.7. The van der Waals surface area contributed by atoms with Crippen LogP contribution in [0.2, 0.25) is 5.02 Å². The largest absolute Gasteiger partial charge is 0.349 e. The van der Waals surface area contributed by atoms with Crippen molar-refractivity contribution in [1.82, 2.24) is 5.32 Å². The van der Waals surface area contributed by atoms with Crippen LogP contribution in [0, 0.1) is 5.92 Å². The summed E-state index contributed by atoms with van der Waals surface area (Å²) in [6.07, 6.45) is 0.760. The zero-order valence-corrected chi connectivity index (χ0v) is 15.7. The van der Waals surface area contributed by atoms with Gasteiger partial charge in [-0.05, 0) is 24.5 Å². The smallest absolute Gasteiger partial charge is 0.262 e. The summed E-state index contributed by atoms with van der Waals surface area (Å²) < 4.78 is 23.4. The molecule has 0 radical (unpaired) electrons. The Labute approximate surface area is 142 Å². The second-order valence-electron chi connectivity index (χ2n) is 4.94. The van der Waals surface area contributed by atoms with Gasteiger partial charge in [0.15, 0.2) is 0 Å². The third-order valence-electron chi connectivity index (χ3n) is 3.07. The minimum Gasteiger partial charge on any atom is -0.349 e. The molecule has 8 heteroatoms. The van der Waals surface area contributed by atoms with Gasteiger partial charge in [0.25, 0.3) is 15.0 Å². The highest BCUT2D eigenvalue weighted by Gasteiger charge is 2.23. The monoisotopic (exact) mass is 415 g/mol. The van der Waals surface area contributed by atoms with E-state index in [4.69, 9.17) is 22.3 Å². The lowest BCUT2D eigenvalue weighted by molar-refractivity contribution is 0.0924.